The maximum absolute atomic E-state index is 11.9. The molecule has 0 atom stereocenters. The molecule has 1 aromatic heterocycles. The molecule has 1 aliphatic carbocycles. The standard InChI is InChI=1S/C13H20N4O/c18-13(10-1-2-10)17-7-4-11(5-8-17)14-9-12-3-6-15-16-12/h3,6,10-11,14H,1-2,4-5,7-9H2,(H,15,16). The van der Waals surface area contributed by atoms with E-state index in [4.69, 9.17) is 0 Å². The highest BCUT2D eigenvalue weighted by Crippen LogP contribution is 2.31. The van der Waals surface area contributed by atoms with Crippen LogP contribution in [0, 0.1) is 5.92 Å². The molecule has 0 unspecified atom stereocenters. The first-order valence-corrected chi connectivity index (χ1v) is 6.83. The van der Waals surface area contributed by atoms with Crippen LogP contribution in [0.25, 0.3) is 0 Å². The second-order valence-electron chi connectivity index (χ2n) is 5.34. The van der Waals surface area contributed by atoms with Crippen molar-refractivity contribution < 1.29 is 4.79 Å². The van der Waals surface area contributed by atoms with Crippen LogP contribution in [0.1, 0.15) is 31.4 Å². The Labute approximate surface area is 107 Å². The molecule has 18 heavy (non-hydrogen) atoms. The number of nitrogens with zero attached hydrogens (tertiary/aromatic N) is 2. The molecule has 3 rings (SSSR count). The predicted octanol–water partition coefficient (Wildman–Crippen LogP) is 0.900. The fourth-order valence-electron chi connectivity index (χ4n) is 2.53. The largest absolute Gasteiger partial charge is 0.342 e. The van der Waals surface area contributed by atoms with E-state index in [1.807, 2.05) is 11.0 Å². The summed E-state index contributed by atoms with van der Waals surface area (Å²) in [7, 11) is 0. The van der Waals surface area contributed by atoms with Crippen LogP contribution in [0.5, 0.6) is 0 Å². The van der Waals surface area contributed by atoms with Crippen LogP contribution in [-0.2, 0) is 11.3 Å². The molecule has 1 aliphatic heterocycles. The second kappa shape index (κ2) is 5.10. The van der Waals surface area contributed by atoms with Crippen LogP contribution in [-0.4, -0.2) is 40.1 Å². The Morgan fingerprint density at radius 1 is 1.39 bits per heavy atom. The van der Waals surface area contributed by atoms with Crippen LogP contribution in [0.15, 0.2) is 12.3 Å². The minimum absolute atomic E-state index is 0.361. The number of rotatable bonds is 4. The molecule has 5 heteroatoms. The van der Waals surface area contributed by atoms with Crippen LogP contribution in [0.3, 0.4) is 0 Å². The number of carbonyl (C=O) groups is 1. The maximum Gasteiger partial charge on any atom is 0.225 e. The van der Waals surface area contributed by atoms with Gasteiger partial charge in [0.25, 0.3) is 0 Å². The predicted molar refractivity (Wildman–Crippen MR) is 67.8 cm³/mol. The van der Waals surface area contributed by atoms with Gasteiger partial charge < -0.3 is 10.2 Å². The Balaban J connectivity index is 1.41. The molecule has 1 aromatic rings. The fourth-order valence-corrected chi connectivity index (χ4v) is 2.53. The van der Waals surface area contributed by atoms with Crippen molar-refractivity contribution in [2.75, 3.05) is 13.1 Å². The van der Waals surface area contributed by atoms with E-state index >= 15 is 0 Å². The Bertz CT molecular complexity index is 391. The van der Waals surface area contributed by atoms with E-state index in [-0.39, 0.29) is 0 Å². The van der Waals surface area contributed by atoms with Crippen molar-refractivity contribution in [2.45, 2.75) is 38.3 Å². The van der Waals surface area contributed by atoms with Crippen molar-refractivity contribution in [1.82, 2.24) is 20.4 Å². The van der Waals surface area contributed by atoms with Crippen LogP contribution in [0.2, 0.25) is 0 Å². The summed E-state index contributed by atoms with van der Waals surface area (Å²) in [6.45, 7) is 2.66. The van der Waals surface area contributed by atoms with E-state index in [0.717, 1.165) is 51.0 Å². The minimum atomic E-state index is 0.361. The molecule has 1 amide bonds. The van der Waals surface area contributed by atoms with Crippen molar-refractivity contribution in [1.29, 1.82) is 0 Å². The van der Waals surface area contributed by atoms with Crippen molar-refractivity contribution in [2.24, 2.45) is 5.92 Å². The third-order valence-electron chi connectivity index (χ3n) is 3.87. The Morgan fingerprint density at radius 3 is 2.78 bits per heavy atom. The van der Waals surface area contributed by atoms with Gasteiger partial charge in [-0.25, -0.2) is 0 Å². The van der Waals surface area contributed by atoms with Gasteiger partial charge in [-0.3, -0.25) is 9.89 Å². The molecule has 0 spiro atoms. The normalized spacial score (nSPS) is 21.2. The van der Waals surface area contributed by atoms with Gasteiger partial charge in [0.15, 0.2) is 0 Å². The molecule has 2 N–H and O–H groups in total. The molecule has 0 bridgehead atoms. The number of H-pyrrole nitrogens is 1. The molecule has 2 fully saturated rings. The topological polar surface area (TPSA) is 61.0 Å². The van der Waals surface area contributed by atoms with Gasteiger partial charge in [0.05, 0.1) is 0 Å². The molecule has 1 saturated heterocycles. The minimum Gasteiger partial charge on any atom is -0.342 e. The van der Waals surface area contributed by atoms with E-state index in [0.29, 0.717) is 17.9 Å². The van der Waals surface area contributed by atoms with Gasteiger partial charge in [-0.15, -0.1) is 0 Å². The van der Waals surface area contributed by atoms with Crippen molar-refractivity contribution in [3.8, 4) is 0 Å². The van der Waals surface area contributed by atoms with Gasteiger partial charge >= 0.3 is 0 Å². The zero-order chi connectivity index (χ0) is 12.4. The van der Waals surface area contributed by atoms with E-state index < -0.39 is 0 Å². The number of aromatic nitrogens is 2. The monoisotopic (exact) mass is 248 g/mol. The van der Waals surface area contributed by atoms with Crippen molar-refractivity contribution >= 4 is 5.91 Å². The summed E-state index contributed by atoms with van der Waals surface area (Å²) in [4.78, 5) is 14.0. The summed E-state index contributed by atoms with van der Waals surface area (Å²) in [5.74, 6) is 0.751. The zero-order valence-electron chi connectivity index (χ0n) is 10.6. The Hall–Kier alpha value is -1.36. The third kappa shape index (κ3) is 2.72. The maximum atomic E-state index is 11.9. The SMILES string of the molecule is O=C(C1CC1)N1CCC(NCc2ccn[nH]2)CC1. The molecular weight excluding hydrogens is 228 g/mol. The summed E-state index contributed by atoms with van der Waals surface area (Å²) in [5.41, 5.74) is 1.12. The number of hydrogen-bond acceptors (Lipinski definition) is 3. The molecule has 1 saturated carbocycles. The van der Waals surface area contributed by atoms with Gasteiger partial charge in [-0.1, -0.05) is 0 Å². The van der Waals surface area contributed by atoms with Gasteiger partial charge in [0.1, 0.15) is 0 Å². The number of piperidine rings is 1. The summed E-state index contributed by atoms with van der Waals surface area (Å²) in [5, 5.41) is 10.4. The third-order valence-corrected chi connectivity index (χ3v) is 3.87. The first-order chi connectivity index (χ1) is 8.83. The number of aromatic amines is 1. The molecule has 5 nitrogen and oxygen atoms in total. The fraction of sp³-hybridized carbons (Fsp3) is 0.692. The lowest BCUT2D eigenvalue weighted by atomic mass is 10.0. The number of hydrogen-bond donors (Lipinski definition) is 2. The van der Waals surface area contributed by atoms with Gasteiger partial charge in [-0.05, 0) is 31.7 Å². The van der Waals surface area contributed by atoms with E-state index in [1.165, 1.54) is 0 Å². The van der Waals surface area contributed by atoms with E-state index in [9.17, 15) is 4.79 Å². The highest BCUT2D eigenvalue weighted by Gasteiger charge is 2.34. The highest BCUT2D eigenvalue weighted by atomic mass is 16.2. The molecule has 2 heterocycles. The lowest BCUT2D eigenvalue weighted by Gasteiger charge is -2.32. The van der Waals surface area contributed by atoms with Crippen LogP contribution >= 0.6 is 0 Å². The van der Waals surface area contributed by atoms with Gasteiger partial charge in [-0.2, -0.15) is 5.10 Å². The zero-order valence-corrected chi connectivity index (χ0v) is 10.6. The summed E-state index contributed by atoms with van der Waals surface area (Å²) < 4.78 is 0. The Morgan fingerprint density at radius 2 is 2.17 bits per heavy atom. The van der Waals surface area contributed by atoms with E-state index in [2.05, 4.69) is 15.5 Å². The van der Waals surface area contributed by atoms with Crippen LogP contribution < -0.4 is 5.32 Å². The summed E-state index contributed by atoms with van der Waals surface area (Å²) in [6, 6.07) is 2.51. The number of likely N-dealkylation sites (tertiary alicyclic amines) is 1. The average Bonchev–Trinajstić information content (AvgIpc) is 3.13. The van der Waals surface area contributed by atoms with Crippen molar-refractivity contribution in [3.05, 3.63) is 18.0 Å². The quantitative estimate of drug-likeness (QED) is 0.832. The van der Waals surface area contributed by atoms with E-state index in [1.54, 1.807) is 6.20 Å². The lowest BCUT2D eigenvalue weighted by molar-refractivity contribution is -0.133. The van der Waals surface area contributed by atoms with Gasteiger partial charge in [0.2, 0.25) is 5.91 Å². The molecule has 0 aromatic carbocycles. The first kappa shape index (κ1) is 11.7. The number of nitrogens with one attached hydrogen (secondary N) is 2. The first-order valence-electron chi connectivity index (χ1n) is 6.83. The number of carbonyl (C=O) groups excluding carboxylic acids is 1. The molecule has 0 radical (unpaired) electrons. The van der Waals surface area contributed by atoms with Crippen LogP contribution in [0.4, 0.5) is 0 Å². The summed E-state index contributed by atoms with van der Waals surface area (Å²) >= 11 is 0. The highest BCUT2D eigenvalue weighted by molar-refractivity contribution is 5.81. The Kier molecular flexibility index (Phi) is 3.32. The molecular formula is C13H20N4O. The second-order valence-corrected chi connectivity index (χ2v) is 5.34. The molecule has 98 valence electrons. The number of amides is 1. The smallest absolute Gasteiger partial charge is 0.225 e. The lowest BCUT2D eigenvalue weighted by Crippen LogP contribution is -2.45. The average molecular weight is 248 g/mol. The van der Waals surface area contributed by atoms with Gasteiger partial charge in [0, 0.05) is 43.5 Å². The van der Waals surface area contributed by atoms with Crippen molar-refractivity contribution in [3.63, 3.8) is 0 Å². The molecule has 2 aliphatic rings. The summed E-state index contributed by atoms with van der Waals surface area (Å²) in [6.07, 6.45) is 6.11.